The molecule has 2 heterocycles. The van der Waals surface area contributed by atoms with Crippen molar-refractivity contribution in [2.75, 3.05) is 37.6 Å². The number of sulfonamides is 1. The number of nitrogens with zero attached hydrogens (tertiary/aromatic N) is 1. The Kier molecular flexibility index (Phi) is 5.67. The first-order chi connectivity index (χ1) is 15.1. The van der Waals surface area contributed by atoms with Crippen LogP contribution in [0.25, 0.3) is 0 Å². The van der Waals surface area contributed by atoms with Gasteiger partial charge in [-0.1, -0.05) is 18.2 Å². The molecule has 2 atom stereocenters. The minimum atomic E-state index is -3.60. The summed E-state index contributed by atoms with van der Waals surface area (Å²) in [5, 5.41) is 7.19. The highest BCUT2D eigenvalue weighted by atomic mass is 32.2. The van der Waals surface area contributed by atoms with Crippen LogP contribution in [0.15, 0.2) is 47.4 Å². The third-order valence-corrected chi connectivity index (χ3v) is 8.74. The Labute approximate surface area is 185 Å². The van der Waals surface area contributed by atoms with Crippen LogP contribution in [-0.4, -0.2) is 47.7 Å². The van der Waals surface area contributed by atoms with Gasteiger partial charge in [-0.2, -0.15) is 0 Å². The van der Waals surface area contributed by atoms with Gasteiger partial charge in [0.2, 0.25) is 0 Å². The van der Waals surface area contributed by atoms with Gasteiger partial charge in [0.1, 0.15) is 5.75 Å². The van der Waals surface area contributed by atoms with Gasteiger partial charge in [0.15, 0.2) is 0 Å². The van der Waals surface area contributed by atoms with E-state index in [0.717, 1.165) is 43.2 Å². The van der Waals surface area contributed by atoms with Gasteiger partial charge in [-0.05, 0) is 80.6 Å². The van der Waals surface area contributed by atoms with Crippen LogP contribution in [-0.2, 0) is 16.4 Å². The summed E-state index contributed by atoms with van der Waals surface area (Å²) in [6.07, 6.45) is 4.46. The van der Waals surface area contributed by atoms with Gasteiger partial charge in [-0.25, -0.2) is 8.42 Å². The Morgan fingerprint density at radius 2 is 2.00 bits per heavy atom. The maximum atomic E-state index is 13.2. The first-order valence-electron chi connectivity index (χ1n) is 11.3. The lowest BCUT2D eigenvalue weighted by atomic mass is 9.98. The normalized spacial score (nSPS) is 23.6. The molecule has 7 heteroatoms. The zero-order valence-corrected chi connectivity index (χ0v) is 18.8. The average Bonchev–Trinajstić information content (AvgIpc) is 3.46. The van der Waals surface area contributed by atoms with Crippen molar-refractivity contribution in [3.05, 3.63) is 53.6 Å². The molecule has 2 N–H and O–H groups in total. The molecule has 1 saturated heterocycles. The van der Waals surface area contributed by atoms with E-state index in [1.165, 1.54) is 24.8 Å². The van der Waals surface area contributed by atoms with Crippen molar-refractivity contribution >= 4 is 15.7 Å². The fourth-order valence-corrected chi connectivity index (χ4v) is 6.49. The molecule has 166 valence electrons. The molecule has 3 aliphatic rings. The molecule has 5 rings (SSSR count). The molecule has 0 unspecified atom stereocenters. The fourth-order valence-electron chi connectivity index (χ4n) is 4.95. The van der Waals surface area contributed by atoms with Crippen LogP contribution in [0.1, 0.15) is 36.3 Å². The van der Waals surface area contributed by atoms with E-state index in [2.05, 4.69) is 22.8 Å². The van der Waals surface area contributed by atoms with Crippen molar-refractivity contribution in [3.63, 3.8) is 0 Å². The molecule has 2 fully saturated rings. The summed E-state index contributed by atoms with van der Waals surface area (Å²) in [4.78, 5) is 0.271. The number of hydrogen-bond donors (Lipinski definition) is 2. The number of anilines is 1. The van der Waals surface area contributed by atoms with Crippen molar-refractivity contribution in [1.82, 2.24) is 10.6 Å². The van der Waals surface area contributed by atoms with E-state index in [0.29, 0.717) is 24.3 Å². The number of nitrogens with one attached hydrogen (secondary N) is 2. The van der Waals surface area contributed by atoms with Crippen molar-refractivity contribution in [1.29, 1.82) is 0 Å². The van der Waals surface area contributed by atoms with E-state index in [-0.39, 0.29) is 4.90 Å². The van der Waals surface area contributed by atoms with E-state index in [1.54, 1.807) is 35.7 Å². The fraction of sp³-hybridized carbons (Fsp3) is 0.500. The highest BCUT2D eigenvalue weighted by Crippen LogP contribution is 2.44. The summed E-state index contributed by atoms with van der Waals surface area (Å²) in [5.74, 6) is 1.89. The number of methoxy groups -OCH3 is 1. The van der Waals surface area contributed by atoms with Crippen molar-refractivity contribution in [3.8, 4) is 5.75 Å². The maximum Gasteiger partial charge on any atom is 0.264 e. The molecule has 0 spiro atoms. The summed E-state index contributed by atoms with van der Waals surface area (Å²) in [6, 6.07) is 13.6. The molecule has 0 radical (unpaired) electrons. The Morgan fingerprint density at radius 1 is 1.16 bits per heavy atom. The predicted molar refractivity (Wildman–Crippen MR) is 122 cm³/mol. The molecule has 6 nitrogen and oxygen atoms in total. The second-order valence-electron chi connectivity index (χ2n) is 8.94. The molecule has 1 aliphatic carbocycles. The summed E-state index contributed by atoms with van der Waals surface area (Å²) in [5.41, 5.74) is 3.28. The minimum Gasteiger partial charge on any atom is -0.497 e. The monoisotopic (exact) mass is 441 g/mol. The summed E-state index contributed by atoms with van der Waals surface area (Å²) >= 11 is 0. The second-order valence-corrected chi connectivity index (χ2v) is 10.8. The third-order valence-electron chi connectivity index (χ3n) is 6.93. The molecule has 2 aliphatic heterocycles. The van der Waals surface area contributed by atoms with Crippen LogP contribution in [0, 0.1) is 5.92 Å². The maximum absolute atomic E-state index is 13.2. The zero-order chi connectivity index (χ0) is 21.4. The summed E-state index contributed by atoms with van der Waals surface area (Å²) < 4.78 is 33.2. The highest BCUT2D eigenvalue weighted by Gasteiger charge is 2.39. The van der Waals surface area contributed by atoms with E-state index in [4.69, 9.17) is 4.74 Å². The van der Waals surface area contributed by atoms with Crippen molar-refractivity contribution < 1.29 is 13.2 Å². The Balaban J connectivity index is 1.27. The lowest BCUT2D eigenvalue weighted by Gasteiger charge is -2.23. The van der Waals surface area contributed by atoms with Crippen LogP contribution in [0.4, 0.5) is 5.69 Å². The van der Waals surface area contributed by atoms with Crippen molar-refractivity contribution in [2.24, 2.45) is 5.92 Å². The van der Waals surface area contributed by atoms with Gasteiger partial charge in [0.25, 0.3) is 10.0 Å². The topological polar surface area (TPSA) is 70.7 Å². The third kappa shape index (κ3) is 4.19. The largest absolute Gasteiger partial charge is 0.497 e. The second kappa shape index (κ2) is 8.45. The van der Waals surface area contributed by atoms with Gasteiger partial charge < -0.3 is 15.4 Å². The number of benzene rings is 2. The molecule has 0 amide bonds. The number of hydrogen-bond acceptors (Lipinski definition) is 5. The van der Waals surface area contributed by atoms with Gasteiger partial charge in [0.05, 0.1) is 17.7 Å². The number of rotatable bonds is 7. The SMILES string of the molecule is COc1cccc(S(=O)(=O)N2CCc3cc([C@@H]4C[C@H]4NCC4CCNCC4)ccc32)c1. The Bertz CT molecular complexity index is 1050. The summed E-state index contributed by atoms with van der Waals surface area (Å²) in [7, 11) is -2.05. The predicted octanol–water partition coefficient (Wildman–Crippen LogP) is 2.89. The van der Waals surface area contributed by atoms with Crippen LogP contribution >= 0.6 is 0 Å². The average molecular weight is 442 g/mol. The number of ether oxygens (including phenoxy) is 1. The lowest BCUT2D eigenvalue weighted by Crippen LogP contribution is -2.34. The quantitative estimate of drug-likeness (QED) is 0.691. The molecule has 0 aromatic heterocycles. The van der Waals surface area contributed by atoms with Crippen LogP contribution in [0.2, 0.25) is 0 Å². The van der Waals surface area contributed by atoms with Crippen LogP contribution in [0.3, 0.4) is 0 Å². The number of piperidine rings is 1. The molecule has 0 bridgehead atoms. The first kappa shape index (κ1) is 20.8. The van der Waals surface area contributed by atoms with Gasteiger partial charge >= 0.3 is 0 Å². The van der Waals surface area contributed by atoms with E-state index in [9.17, 15) is 8.42 Å². The summed E-state index contributed by atoms with van der Waals surface area (Å²) in [6.45, 7) is 3.88. The lowest BCUT2D eigenvalue weighted by molar-refractivity contribution is 0.355. The first-order valence-corrected chi connectivity index (χ1v) is 12.7. The standard InChI is InChI=1S/C24H31N3O3S/c1-30-20-3-2-4-21(14-20)31(28,29)27-12-9-19-13-18(5-6-24(19)27)22-15-23(22)26-16-17-7-10-25-11-8-17/h2-6,13-14,17,22-23,25-26H,7-12,15-16H2,1H3/t22-,23+/m0/s1. The van der Waals surface area contributed by atoms with E-state index in [1.807, 2.05) is 6.07 Å². The smallest absolute Gasteiger partial charge is 0.264 e. The zero-order valence-electron chi connectivity index (χ0n) is 18.0. The highest BCUT2D eigenvalue weighted by molar-refractivity contribution is 7.92. The molecule has 2 aromatic rings. The molecular weight excluding hydrogens is 410 g/mol. The van der Waals surface area contributed by atoms with Crippen LogP contribution < -0.4 is 19.7 Å². The van der Waals surface area contributed by atoms with E-state index >= 15 is 0 Å². The molecule has 1 saturated carbocycles. The van der Waals surface area contributed by atoms with Gasteiger partial charge in [-0.3, -0.25) is 4.31 Å². The van der Waals surface area contributed by atoms with Gasteiger partial charge in [-0.15, -0.1) is 0 Å². The molecule has 2 aromatic carbocycles. The minimum absolute atomic E-state index is 0.271. The van der Waals surface area contributed by atoms with E-state index < -0.39 is 10.0 Å². The molecule has 31 heavy (non-hydrogen) atoms. The number of fused-ring (bicyclic) bond motifs is 1. The Morgan fingerprint density at radius 3 is 2.81 bits per heavy atom. The Hall–Kier alpha value is -2.09. The van der Waals surface area contributed by atoms with Gasteiger partial charge in [0, 0.05) is 24.6 Å². The van der Waals surface area contributed by atoms with Crippen molar-refractivity contribution in [2.45, 2.75) is 42.5 Å². The van der Waals surface area contributed by atoms with Crippen LogP contribution in [0.5, 0.6) is 5.75 Å². The molecular formula is C24H31N3O3S.